The highest BCUT2D eigenvalue weighted by atomic mass is 16.5. The number of aliphatic imine (C=N–C) groups is 1. The van der Waals surface area contributed by atoms with Crippen molar-refractivity contribution >= 4 is 17.2 Å². The second kappa shape index (κ2) is 6.58. The first-order valence-corrected chi connectivity index (χ1v) is 9.14. The lowest BCUT2D eigenvalue weighted by atomic mass is 9.97. The van der Waals surface area contributed by atoms with Crippen molar-refractivity contribution in [2.75, 3.05) is 7.11 Å². The van der Waals surface area contributed by atoms with Crippen molar-refractivity contribution < 1.29 is 14.3 Å². The number of fused-ring (bicyclic) bond motifs is 2. The fraction of sp³-hybridized carbons (Fsp3) is 0.600. The van der Waals surface area contributed by atoms with E-state index in [1.54, 1.807) is 7.11 Å². The maximum absolute atomic E-state index is 11.6. The van der Waals surface area contributed by atoms with Crippen molar-refractivity contribution in [1.82, 2.24) is 0 Å². The minimum atomic E-state index is 0.298. The molecule has 2 bridgehead atoms. The third-order valence-corrected chi connectivity index (χ3v) is 5.71. The summed E-state index contributed by atoms with van der Waals surface area (Å²) in [5, 5.41) is 0. The predicted molar refractivity (Wildman–Crippen MR) is 93.4 cm³/mol. The molecule has 0 unspecified atom stereocenters. The molecule has 0 heterocycles. The van der Waals surface area contributed by atoms with Gasteiger partial charge >= 0.3 is 0 Å². The van der Waals surface area contributed by atoms with E-state index in [1.165, 1.54) is 25.7 Å². The van der Waals surface area contributed by atoms with Crippen LogP contribution >= 0.6 is 0 Å². The van der Waals surface area contributed by atoms with Crippen LogP contribution in [-0.4, -0.2) is 24.7 Å². The number of methoxy groups -OCH3 is 1. The number of carbonyl (C=O) groups excluding carboxylic acids is 1. The largest absolute Gasteiger partial charge is 0.493 e. The number of nitrogens with zero attached hydrogens (tertiary/aromatic N) is 1. The van der Waals surface area contributed by atoms with Gasteiger partial charge in [0.05, 0.1) is 12.8 Å². The Balaban J connectivity index is 1.54. The number of hydrogen-bond donors (Lipinski definition) is 0. The summed E-state index contributed by atoms with van der Waals surface area (Å²) in [5.41, 5.74) is 1.85. The summed E-state index contributed by atoms with van der Waals surface area (Å²) in [4.78, 5) is 16.3. The topological polar surface area (TPSA) is 47.9 Å². The molecule has 3 aliphatic carbocycles. The molecule has 0 spiro atoms. The van der Waals surface area contributed by atoms with Gasteiger partial charge in [-0.2, -0.15) is 0 Å². The molecular formula is C20H25NO3. The molecule has 0 saturated heterocycles. The SMILES string of the molecule is COc1ccc(N=C2CCCC(=O)C2)cc1O[C@@H]1C[C@H]2CC[C@@H]1C2. The van der Waals surface area contributed by atoms with Gasteiger partial charge in [0.2, 0.25) is 0 Å². The second-order valence-electron chi connectivity index (χ2n) is 7.41. The summed E-state index contributed by atoms with van der Waals surface area (Å²) in [6.07, 6.45) is 8.48. The number of rotatable bonds is 4. The summed E-state index contributed by atoms with van der Waals surface area (Å²) in [6, 6.07) is 5.84. The predicted octanol–water partition coefficient (Wildman–Crippen LogP) is 4.48. The highest BCUT2D eigenvalue weighted by Crippen LogP contribution is 2.47. The Morgan fingerprint density at radius 1 is 1.12 bits per heavy atom. The molecule has 0 N–H and O–H groups in total. The molecule has 0 aliphatic heterocycles. The highest BCUT2D eigenvalue weighted by molar-refractivity contribution is 6.04. The van der Waals surface area contributed by atoms with Gasteiger partial charge < -0.3 is 9.47 Å². The quantitative estimate of drug-likeness (QED) is 0.819. The van der Waals surface area contributed by atoms with Crippen LogP contribution in [0.5, 0.6) is 11.5 Å². The Morgan fingerprint density at radius 2 is 2.04 bits per heavy atom. The van der Waals surface area contributed by atoms with Gasteiger partial charge in [-0.15, -0.1) is 0 Å². The summed E-state index contributed by atoms with van der Waals surface area (Å²) in [6.45, 7) is 0. The molecule has 4 nitrogen and oxygen atoms in total. The molecule has 1 aromatic rings. The average molecular weight is 327 g/mol. The van der Waals surface area contributed by atoms with Crippen LogP contribution in [0.4, 0.5) is 5.69 Å². The van der Waals surface area contributed by atoms with Gasteiger partial charge in [0.1, 0.15) is 11.9 Å². The number of Topliss-reactive ketones (excluding diaryl/α,β-unsaturated/α-hetero) is 1. The summed E-state index contributed by atoms with van der Waals surface area (Å²) >= 11 is 0. The molecule has 0 amide bonds. The number of ketones is 1. The van der Waals surface area contributed by atoms with Crippen LogP contribution in [0.2, 0.25) is 0 Å². The Bertz CT molecular complexity index is 667. The fourth-order valence-electron chi connectivity index (χ4n) is 4.49. The standard InChI is InChI=1S/C20H25NO3/c1-23-18-8-7-16(21-15-3-2-4-17(22)11-15)12-20(18)24-19-10-13-5-6-14(19)9-13/h7-8,12-14,19H,2-6,9-11H2,1H3/t13-,14+,19+/m0/s1. The van der Waals surface area contributed by atoms with E-state index in [-0.39, 0.29) is 0 Å². The Morgan fingerprint density at radius 3 is 2.75 bits per heavy atom. The van der Waals surface area contributed by atoms with Gasteiger partial charge in [0, 0.05) is 24.6 Å². The third kappa shape index (κ3) is 3.19. The van der Waals surface area contributed by atoms with Gasteiger partial charge in [-0.3, -0.25) is 9.79 Å². The average Bonchev–Trinajstić information content (AvgIpc) is 3.18. The molecule has 0 radical (unpaired) electrons. The van der Waals surface area contributed by atoms with Crippen molar-refractivity contribution in [3.8, 4) is 11.5 Å². The van der Waals surface area contributed by atoms with E-state index in [1.807, 2.05) is 18.2 Å². The van der Waals surface area contributed by atoms with Crippen molar-refractivity contribution in [3.63, 3.8) is 0 Å². The van der Waals surface area contributed by atoms with Crippen molar-refractivity contribution in [3.05, 3.63) is 18.2 Å². The first-order valence-electron chi connectivity index (χ1n) is 9.14. The maximum atomic E-state index is 11.6. The van der Waals surface area contributed by atoms with E-state index in [2.05, 4.69) is 4.99 Å². The number of carbonyl (C=O) groups is 1. The second-order valence-corrected chi connectivity index (χ2v) is 7.41. The molecule has 24 heavy (non-hydrogen) atoms. The lowest BCUT2D eigenvalue weighted by molar-refractivity contribution is -0.118. The zero-order valence-electron chi connectivity index (χ0n) is 14.3. The minimum absolute atomic E-state index is 0.298. The Hall–Kier alpha value is -1.84. The molecule has 1 aromatic carbocycles. The molecular weight excluding hydrogens is 302 g/mol. The van der Waals surface area contributed by atoms with E-state index in [0.717, 1.165) is 41.7 Å². The van der Waals surface area contributed by atoms with Crippen molar-refractivity contribution in [2.24, 2.45) is 16.8 Å². The first-order chi connectivity index (χ1) is 11.7. The van der Waals surface area contributed by atoms with Crippen LogP contribution in [0.25, 0.3) is 0 Å². The number of ether oxygens (including phenoxy) is 2. The monoisotopic (exact) mass is 327 g/mol. The van der Waals surface area contributed by atoms with Gasteiger partial charge in [-0.25, -0.2) is 0 Å². The van der Waals surface area contributed by atoms with E-state index in [0.29, 0.717) is 30.6 Å². The molecule has 128 valence electrons. The van der Waals surface area contributed by atoms with Crippen molar-refractivity contribution in [2.45, 2.75) is 57.5 Å². The zero-order valence-corrected chi connectivity index (χ0v) is 14.3. The normalized spacial score (nSPS) is 30.8. The van der Waals surface area contributed by atoms with Gasteiger partial charge in [0.15, 0.2) is 11.5 Å². The van der Waals surface area contributed by atoms with Crippen LogP contribution in [0.3, 0.4) is 0 Å². The van der Waals surface area contributed by atoms with E-state index in [9.17, 15) is 4.79 Å². The van der Waals surface area contributed by atoms with Crippen LogP contribution < -0.4 is 9.47 Å². The van der Waals surface area contributed by atoms with Gasteiger partial charge in [0.25, 0.3) is 0 Å². The zero-order chi connectivity index (χ0) is 16.5. The first kappa shape index (κ1) is 15.7. The van der Waals surface area contributed by atoms with Gasteiger partial charge in [-0.05, 0) is 62.5 Å². The van der Waals surface area contributed by atoms with Crippen LogP contribution in [-0.2, 0) is 4.79 Å². The summed E-state index contributed by atoms with van der Waals surface area (Å²) in [5.74, 6) is 3.40. The van der Waals surface area contributed by atoms with E-state index in [4.69, 9.17) is 9.47 Å². The van der Waals surface area contributed by atoms with E-state index >= 15 is 0 Å². The summed E-state index contributed by atoms with van der Waals surface area (Å²) < 4.78 is 11.8. The lowest BCUT2D eigenvalue weighted by Gasteiger charge is -2.24. The lowest BCUT2D eigenvalue weighted by Crippen LogP contribution is -2.23. The fourth-order valence-corrected chi connectivity index (χ4v) is 4.49. The Labute approximate surface area is 143 Å². The molecule has 3 fully saturated rings. The molecule has 3 saturated carbocycles. The molecule has 4 rings (SSSR count). The number of benzene rings is 1. The smallest absolute Gasteiger partial charge is 0.163 e. The van der Waals surface area contributed by atoms with Gasteiger partial charge in [-0.1, -0.05) is 0 Å². The molecule has 4 heteroatoms. The van der Waals surface area contributed by atoms with Crippen LogP contribution in [0.15, 0.2) is 23.2 Å². The molecule has 3 atom stereocenters. The highest BCUT2D eigenvalue weighted by Gasteiger charge is 2.41. The Kier molecular flexibility index (Phi) is 4.30. The summed E-state index contributed by atoms with van der Waals surface area (Å²) in [7, 11) is 1.67. The minimum Gasteiger partial charge on any atom is -0.493 e. The van der Waals surface area contributed by atoms with Crippen LogP contribution in [0, 0.1) is 11.8 Å². The molecule has 0 aromatic heterocycles. The van der Waals surface area contributed by atoms with E-state index < -0.39 is 0 Å². The molecule has 3 aliphatic rings. The maximum Gasteiger partial charge on any atom is 0.163 e. The third-order valence-electron chi connectivity index (χ3n) is 5.71. The number of hydrogen-bond acceptors (Lipinski definition) is 4. The van der Waals surface area contributed by atoms with Crippen LogP contribution in [0.1, 0.15) is 51.4 Å². The van der Waals surface area contributed by atoms with Crippen molar-refractivity contribution in [1.29, 1.82) is 0 Å².